The lowest BCUT2D eigenvalue weighted by Crippen LogP contribution is -2.11. The first-order chi connectivity index (χ1) is 18.4. The second-order valence-corrected chi connectivity index (χ2v) is 10.6. The molecule has 1 saturated carbocycles. The number of rotatable bonds is 2. The zero-order valence-corrected chi connectivity index (χ0v) is 21.0. The molecule has 0 bridgehead atoms. The lowest BCUT2D eigenvalue weighted by Gasteiger charge is -2.11. The van der Waals surface area contributed by atoms with E-state index in [1.54, 1.807) is 24.3 Å². The molecule has 38 heavy (non-hydrogen) atoms. The third-order valence-corrected chi connectivity index (χ3v) is 8.56. The molecule has 0 aromatic heterocycles. The molecule has 2 atom stereocenters. The van der Waals surface area contributed by atoms with Crippen molar-refractivity contribution in [1.82, 2.24) is 0 Å². The number of carbonyl (C=O) groups is 3. The van der Waals surface area contributed by atoms with E-state index >= 15 is 0 Å². The molecule has 4 aromatic carbocycles. The van der Waals surface area contributed by atoms with Crippen LogP contribution >= 0.6 is 11.6 Å². The number of hydrogen-bond donors (Lipinski definition) is 1. The number of carbonyl (C=O) groups excluding carboxylic acids is 3. The first-order valence-corrected chi connectivity index (χ1v) is 13.0. The first kappa shape index (κ1) is 22.9. The van der Waals surface area contributed by atoms with Gasteiger partial charge in [-0.15, -0.1) is 11.6 Å². The number of hydrogen-bond acceptors (Lipinski definition) is 4. The fourth-order valence-electron chi connectivity index (χ4n) is 5.93. The summed E-state index contributed by atoms with van der Waals surface area (Å²) in [7, 11) is 0. The molecule has 4 nitrogen and oxygen atoms in total. The monoisotopic (exact) mass is 516 g/mol. The summed E-state index contributed by atoms with van der Waals surface area (Å²) >= 11 is 6.83. The van der Waals surface area contributed by atoms with Gasteiger partial charge in [0.2, 0.25) is 0 Å². The number of benzene rings is 4. The Kier molecular flexibility index (Phi) is 5.04. The van der Waals surface area contributed by atoms with Gasteiger partial charge in [0.1, 0.15) is 5.76 Å². The van der Waals surface area contributed by atoms with Crippen molar-refractivity contribution in [2.45, 2.75) is 18.2 Å². The van der Waals surface area contributed by atoms with Crippen molar-refractivity contribution in [3.8, 4) is 0 Å². The van der Waals surface area contributed by atoms with E-state index in [0.29, 0.717) is 35.1 Å². The summed E-state index contributed by atoms with van der Waals surface area (Å²) < 4.78 is 0. The molecule has 3 aliphatic rings. The van der Waals surface area contributed by atoms with Gasteiger partial charge in [-0.3, -0.25) is 14.4 Å². The predicted molar refractivity (Wildman–Crippen MR) is 149 cm³/mol. The Morgan fingerprint density at radius 1 is 0.711 bits per heavy atom. The van der Waals surface area contributed by atoms with Crippen molar-refractivity contribution in [3.05, 3.63) is 124 Å². The van der Waals surface area contributed by atoms with Crippen LogP contribution in [0.2, 0.25) is 0 Å². The highest BCUT2D eigenvalue weighted by Gasteiger charge is 2.37. The van der Waals surface area contributed by atoms with Crippen LogP contribution < -0.4 is 0 Å². The van der Waals surface area contributed by atoms with Crippen molar-refractivity contribution in [1.29, 1.82) is 0 Å². The quantitative estimate of drug-likeness (QED) is 0.171. The second kappa shape index (κ2) is 8.37. The zero-order chi connectivity index (χ0) is 26.1. The molecular weight excluding hydrogens is 496 g/mol. The highest BCUT2D eigenvalue weighted by Crippen LogP contribution is 2.42. The standard InChI is InChI=1S/C33H21ClO4/c34-29-21(15-27-30(35)23-11-17-5-1-2-6-18(17)12-24(23)31(27)36)9-10-22(29)16-28-32(37)25-13-19-7-3-4-8-20(19)14-26(25)33(28)38/h1-8,11-16,21,29,37H,9-10H2/b22-16+. The van der Waals surface area contributed by atoms with Gasteiger partial charge < -0.3 is 5.11 Å². The van der Waals surface area contributed by atoms with Crippen molar-refractivity contribution in [3.63, 3.8) is 0 Å². The van der Waals surface area contributed by atoms with Gasteiger partial charge in [0, 0.05) is 22.3 Å². The molecule has 0 amide bonds. The number of alkyl halides is 1. The van der Waals surface area contributed by atoms with Crippen molar-refractivity contribution < 1.29 is 19.5 Å². The van der Waals surface area contributed by atoms with E-state index in [1.807, 2.05) is 60.7 Å². The summed E-state index contributed by atoms with van der Waals surface area (Å²) in [6.45, 7) is 0. The third-order valence-electron chi connectivity index (χ3n) is 7.96. The second-order valence-electron chi connectivity index (χ2n) is 10.1. The Balaban J connectivity index is 1.19. The summed E-state index contributed by atoms with van der Waals surface area (Å²) in [4.78, 5) is 39.6. The van der Waals surface area contributed by atoms with Gasteiger partial charge >= 0.3 is 0 Å². The van der Waals surface area contributed by atoms with Crippen LogP contribution in [0.3, 0.4) is 0 Å². The van der Waals surface area contributed by atoms with Crippen LogP contribution in [0.1, 0.15) is 49.5 Å². The van der Waals surface area contributed by atoms with Gasteiger partial charge in [-0.2, -0.15) is 0 Å². The topological polar surface area (TPSA) is 71.4 Å². The number of ketones is 3. The summed E-state index contributed by atoms with van der Waals surface area (Å²) in [6, 6.07) is 22.6. The molecule has 184 valence electrons. The van der Waals surface area contributed by atoms with Gasteiger partial charge in [0.15, 0.2) is 17.3 Å². The van der Waals surface area contributed by atoms with Crippen molar-refractivity contribution >= 4 is 56.3 Å². The molecule has 2 unspecified atom stereocenters. The fourth-order valence-corrected chi connectivity index (χ4v) is 6.30. The molecule has 7 rings (SSSR count). The molecule has 0 spiro atoms. The Bertz CT molecular complexity index is 1800. The Labute approximate surface area is 223 Å². The average Bonchev–Trinajstić information content (AvgIpc) is 3.48. The van der Waals surface area contributed by atoms with Crippen LogP contribution in [-0.4, -0.2) is 27.8 Å². The van der Waals surface area contributed by atoms with Crippen LogP contribution in [0.5, 0.6) is 0 Å². The van der Waals surface area contributed by atoms with E-state index in [2.05, 4.69) is 0 Å². The summed E-state index contributed by atoms with van der Waals surface area (Å²) in [5.41, 5.74) is 3.05. The van der Waals surface area contributed by atoms with E-state index in [-0.39, 0.29) is 40.2 Å². The summed E-state index contributed by atoms with van der Waals surface area (Å²) in [6.07, 6.45) is 4.64. The molecular formula is C33H21ClO4. The predicted octanol–water partition coefficient (Wildman–Crippen LogP) is 7.41. The summed E-state index contributed by atoms with van der Waals surface area (Å²) in [5.74, 6) is -1.06. The number of fused-ring (bicyclic) bond motifs is 4. The minimum absolute atomic E-state index is 0.0439. The van der Waals surface area contributed by atoms with E-state index < -0.39 is 5.38 Å². The molecule has 1 fully saturated rings. The minimum Gasteiger partial charge on any atom is -0.507 e. The molecule has 0 saturated heterocycles. The van der Waals surface area contributed by atoms with Crippen LogP contribution in [-0.2, 0) is 0 Å². The lowest BCUT2D eigenvalue weighted by atomic mass is 9.99. The maximum absolute atomic E-state index is 13.2. The van der Waals surface area contributed by atoms with E-state index in [9.17, 15) is 19.5 Å². The fraction of sp³-hybridized carbons (Fsp3) is 0.121. The van der Waals surface area contributed by atoms with E-state index in [0.717, 1.165) is 27.1 Å². The summed E-state index contributed by atoms with van der Waals surface area (Å²) in [5, 5.41) is 14.1. The van der Waals surface area contributed by atoms with E-state index in [1.165, 1.54) is 0 Å². The average molecular weight is 517 g/mol. The molecule has 1 N–H and O–H groups in total. The molecule has 0 aliphatic heterocycles. The molecule has 5 heteroatoms. The van der Waals surface area contributed by atoms with Gasteiger partial charge in [-0.25, -0.2) is 0 Å². The molecule has 4 aromatic rings. The maximum Gasteiger partial charge on any atom is 0.197 e. The number of aliphatic hydroxyl groups is 1. The number of halogens is 1. The highest BCUT2D eigenvalue weighted by molar-refractivity contribution is 6.40. The number of Topliss-reactive ketones (excluding diaryl/α,β-unsaturated/α-hetero) is 3. The van der Waals surface area contributed by atoms with Crippen LogP contribution in [0.15, 0.2) is 102 Å². The molecule has 0 radical (unpaired) electrons. The minimum atomic E-state index is -0.498. The van der Waals surface area contributed by atoms with E-state index in [4.69, 9.17) is 11.6 Å². The van der Waals surface area contributed by atoms with Gasteiger partial charge in [0.05, 0.1) is 16.5 Å². The first-order valence-electron chi connectivity index (χ1n) is 12.6. The normalized spacial score (nSPS) is 21.8. The van der Waals surface area contributed by atoms with Crippen LogP contribution in [0, 0.1) is 5.92 Å². The third kappa shape index (κ3) is 3.34. The van der Waals surface area contributed by atoms with Gasteiger partial charge in [-0.1, -0.05) is 60.2 Å². The Hall–Kier alpha value is -4.28. The largest absolute Gasteiger partial charge is 0.507 e. The SMILES string of the molecule is O=C1C(=CC2CC/C(=C\C3=C(O)c4cc5ccccc5cc4C3=O)C2Cl)C(=O)c2cc3ccccc3cc21. The maximum atomic E-state index is 13.2. The lowest BCUT2D eigenvalue weighted by molar-refractivity contribution is 0.0985. The van der Waals surface area contributed by atoms with Gasteiger partial charge in [0.25, 0.3) is 0 Å². The Morgan fingerprint density at radius 3 is 1.71 bits per heavy atom. The highest BCUT2D eigenvalue weighted by atomic mass is 35.5. The molecule has 0 heterocycles. The Morgan fingerprint density at radius 2 is 1.18 bits per heavy atom. The van der Waals surface area contributed by atoms with Crippen LogP contribution in [0.4, 0.5) is 0 Å². The zero-order valence-electron chi connectivity index (χ0n) is 20.2. The van der Waals surface area contributed by atoms with Gasteiger partial charge in [-0.05, 0) is 70.6 Å². The molecule has 3 aliphatic carbocycles. The van der Waals surface area contributed by atoms with Crippen molar-refractivity contribution in [2.75, 3.05) is 0 Å². The van der Waals surface area contributed by atoms with Crippen LogP contribution in [0.25, 0.3) is 27.3 Å². The smallest absolute Gasteiger partial charge is 0.197 e. The van der Waals surface area contributed by atoms with Crippen molar-refractivity contribution in [2.24, 2.45) is 5.92 Å². The number of aliphatic hydroxyl groups excluding tert-OH is 1. The number of allylic oxidation sites excluding steroid dienone is 5.